The van der Waals surface area contributed by atoms with Crippen LogP contribution >= 0.6 is 11.8 Å². The number of nitrogens with one attached hydrogen (secondary N) is 1. The van der Waals surface area contributed by atoms with E-state index in [1.54, 1.807) is 38.6 Å². The molecule has 7 heteroatoms. The molecule has 25 heavy (non-hydrogen) atoms. The zero-order valence-electron chi connectivity index (χ0n) is 14.3. The number of pyridine rings is 1. The molecule has 0 spiro atoms. The average Bonchev–Trinajstić information content (AvgIpc) is 3.01. The number of hydrogen-bond donors (Lipinski definition) is 1. The van der Waals surface area contributed by atoms with E-state index in [1.165, 1.54) is 11.8 Å². The van der Waals surface area contributed by atoms with Gasteiger partial charge in [0.25, 0.3) is 0 Å². The van der Waals surface area contributed by atoms with Crippen molar-refractivity contribution in [3.05, 3.63) is 42.7 Å². The number of methoxy groups -OCH3 is 2. The largest absolute Gasteiger partial charge is 0.493 e. The van der Waals surface area contributed by atoms with Gasteiger partial charge >= 0.3 is 0 Å². The highest BCUT2D eigenvalue weighted by molar-refractivity contribution is 8.00. The van der Waals surface area contributed by atoms with Crippen molar-refractivity contribution in [3.63, 3.8) is 0 Å². The third kappa shape index (κ3) is 3.71. The smallest absolute Gasteiger partial charge is 0.234 e. The van der Waals surface area contributed by atoms with Crippen LogP contribution in [-0.2, 0) is 11.8 Å². The number of nitrogens with zero attached hydrogens (tertiary/aromatic N) is 2. The fourth-order valence-corrected chi connectivity index (χ4v) is 3.34. The molecular weight excluding hydrogens is 338 g/mol. The topological polar surface area (TPSA) is 65.4 Å². The first kappa shape index (κ1) is 17.2. The van der Waals surface area contributed by atoms with Crippen molar-refractivity contribution >= 4 is 34.3 Å². The number of fused-ring (bicyclic) bond motifs is 1. The van der Waals surface area contributed by atoms with E-state index < -0.39 is 0 Å². The number of ether oxygens (including phenoxy) is 2. The molecule has 0 unspecified atom stereocenters. The fraction of sp³-hybridized carbons (Fsp3) is 0.222. The lowest BCUT2D eigenvalue weighted by Gasteiger charge is -2.10. The summed E-state index contributed by atoms with van der Waals surface area (Å²) in [4.78, 5) is 16.6. The minimum atomic E-state index is -0.105. The Hall–Kier alpha value is -2.67. The summed E-state index contributed by atoms with van der Waals surface area (Å²) in [5.41, 5.74) is 1.76. The normalized spacial score (nSPS) is 10.7. The molecule has 0 aliphatic rings. The van der Waals surface area contributed by atoms with Crippen LogP contribution in [0.1, 0.15) is 0 Å². The van der Waals surface area contributed by atoms with Crippen LogP contribution in [0.15, 0.2) is 47.8 Å². The lowest BCUT2D eigenvalue weighted by molar-refractivity contribution is -0.113. The van der Waals surface area contributed by atoms with Gasteiger partial charge in [-0.2, -0.15) is 0 Å². The predicted octanol–water partition coefficient (Wildman–Crippen LogP) is 3.32. The Morgan fingerprint density at radius 3 is 2.76 bits per heavy atom. The second-order valence-corrected chi connectivity index (χ2v) is 6.35. The second-order valence-electron chi connectivity index (χ2n) is 5.38. The summed E-state index contributed by atoms with van der Waals surface area (Å²) < 4.78 is 12.5. The van der Waals surface area contributed by atoms with Crippen LogP contribution in [0, 0.1) is 0 Å². The third-order valence-electron chi connectivity index (χ3n) is 3.78. The van der Waals surface area contributed by atoms with Gasteiger partial charge in [-0.05, 0) is 24.3 Å². The number of carbonyl (C=O) groups is 1. The van der Waals surface area contributed by atoms with Crippen molar-refractivity contribution in [3.8, 4) is 11.5 Å². The van der Waals surface area contributed by atoms with Crippen LogP contribution in [0.25, 0.3) is 10.9 Å². The van der Waals surface area contributed by atoms with E-state index >= 15 is 0 Å². The summed E-state index contributed by atoms with van der Waals surface area (Å²) in [6, 6.07) is 9.24. The first-order valence-electron chi connectivity index (χ1n) is 7.67. The zero-order chi connectivity index (χ0) is 17.8. The van der Waals surface area contributed by atoms with Gasteiger partial charge in [0.2, 0.25) is 5.91 Å². The lowest BCUT2D eigenvalue weighted by atomic mass is 10.2. The Bertz CT molecular complexity index is 908. The van der Waals surface area contributed by atoms with Gasteiger partial charge in [-0.25, -0.2) is 4.98 Å². The van der Waals surface area contributed by atoms with E-state index in [-0.39, 0.29) is 11.7 Å². The molecule has 0 saturated carbocycles. The van der Waals surface area contributed by atoms with Crippen LogP contribution in [0.2, 0.25) is 0 Å². The van der Waals surface area contributed by atoms with Gasteiger partial charge in [0.05, 0.1) is 25.5 Å². The van der Waals surface area contributed by atoms with Crippen molar-refractivity contribution in [1.82, 2.24) is 9.55 Å². The number of amides is 1. The number of anilines is 1. The van der Waals surface area contributed by atoms with Gasteiger partial charge < -0.3 is 19.4 Å². The van der Waals surface area contributed by atoms with E-state index in [2.05, 4.69) is 10.3 Å². The molecule has 2 heterocycles. The lowest BCUT2D eigenvalue weighted by Crippen LogP contribution is -2.14. The highest BCUT2D eigenvalue weighted by atomic mass is 32.2. The molecule has 1 N–H and O–H groups in total. The third-order valence-corrected chi connectivity index (χ3v) is 4.79. The Morgan fingerprint density at radius 1 is 1.20 bits per heavy atom. The monoisotopic (exact) mass is 357 g/mol. The number of carbonyl (C=O) groups excluding carboxylic acids is 1. The summed E-state index contributed by atoms with van der Waals surface area (Å²) in [5.74, 6) is 1.36. The number of thioether (sulfide) groups is 1. The number of rotatable bonds is 6. The summed E-state index contributed by atoms with van der Waals surface area (Å²) in [6.07, 6.45) is 3.75. The second kappa shape index (κ2) is 7.48. The van der Waals surface area contributed by atoms with Gasteiger partial charge in [0.1, 0.15) is 5.03 Å². The molecule has 3 rings (SSSR count). The molecule has 0 atom stereocenters. The van der Waals surface area contributed by atoms with E-state index in [0.717, 1.165) is 15.9 Å². The highest BCUT2D eigenvalue weighted by Crippen LogP contribution is 2.30. The molecule has 1 aromatic carbocycles. The molecule has 130 valence electrons. The molecular formula is C18H19N3O3S. The molecule has 0 aliphatic carbocycles. The van der Waals surface area contributed by atoms with Gasteiger partial charge in [0, 0.05) is 36.6 Å². The molecule has 1 amide bonds. The maximum atomic E-state index is 12.2. The zero-order valence-corrected chi connectivity index (χ0v) is 15.1. The molecule has 0 fully saturated rings. The van der Waals surface area contributed by atoms with Crippen molar-refractivity contribution in [2.45, 2.75) is 5.03 Å². The Labute approximate surface area is 150 Å². The van der Waals surface area contributed by atoms with Crippen LogP contribution in [0.3, 0.4) is 0 Å². The number of aromatic nitrogens is 2. The molecule has 0 saturated heterocycles. The van der Waals surface area contributed by atoms with Crippen LogP contribution in [0.5, 0.6) is 11.5 Å². The van der Waals surface area contributed by atoms with Crippen LogP contribution in [0.4, 0.5) is 5.69 Å². The minimum Gasteiger partial charge on any atom is -0.493 e. The molecule has 6 nitrogen and oxygen atoms in total. The summed E-state index contributed by atoms with van der Waals surface area (Å²) in [5, 5.41) is 4.76. The molecule has 0 radical (unpaired) electrons. The first-order chi connectivity index (χ1) is 12.1. The van der Waals surface area contributed by atoms with Gasteiger partial charge in [-0.1, -0.05) is 11.8 Å². The highest BCUT2D eigenvalue weighted by Gasteiger charge is 2.10. The summed E-state index contributed by atoms with van der Waals surface area (Å²) >= 11 is 1.42. The standard InChI is InChI=1S/C18H19N3O3S/c1-21-9-7-13-14(21)6-8-19-18(13)25-11-17(22)20-12-4-5-15(23-2)16(10-12)24-3/h4-10H,11H2,1-3H3,(H,20,22). The van der Waals surface area contributed by atoms with Crippen LogP contribution < -0.4 is 14.8 Å². The average molecular weight is 357 g/mol. The molecule has 0 bridgehead atoms. The van der Waals surface area contributed by atoms with Crippen molar-refractivity contribution in [2.24, 2.45) is 7.05 Å². The fourth-order valence-electron chi connectivity index (χ4n) is 2.54. The van der Waals surface area contributed by atoms with E-state index in [9.17, 15) is 4.79 Å². The Morgan fingerprint density at radius 2 is 2.00 bits per heavy atom. The minimum absolute atomic E-state index is 0.105. The Balaban J connectivity index is 1.66. The van der Waals surface area contributed by atoms with Gasteiger partial charge in [-0.3, -0.25) is 4.79 Å². The summed E-state index contributed by atoms with van der Waals surface area (Å²) in [6.45, 7) is 0. The van der Waals surface area contributed by atoms with Crippen molar-refractivity contribution < 1.29 is 14.3 Å². The SMILES string of the molecule is COc1ccc(NC(=O)CSc2nccc3c2ccn3C)cc1OC. The Kier molecular flexibility index (Phi) is 5.14. The van der Waals surface area contributed by atoms with E-state index in [0.29, 0.717) is 17.2 Å². The summed E-state index contributed by atoms with van der Waals surface area (Å²) in [7, 11) is 5.12. The van der Waals surface area contributed by atoms with Crippen molar-refractivity contribution in [1.29, 1.82) is 0 Å². The van der Waals surface area contributed by atoms with Gasteiger partial charge in [0.15, 0.2) is 11.5 Å². The number of aryl methyl sites for hydroxylation is 1. The first-order valence-corrected chi connectivity index (χ1v) is 8.65. The maximum absolute atomic E-state index is 12.2. The predicted molar refractivity (Wildman–Crippen MR) is 99.6 cm³/mol. The van der Waals surface area contributed by atoms with Gasteiger partial charge in [-0.15, -0.1) is 0 Å². The van der Waals surface area contributed by atoms with E-state index in [4.69, 9.17) is 9.47 Å². The van der Waals surface area contributed by atoms with Crippen molar-refractivity contribution in [2.75, 3.05) is 25.3 Å². The number of benzene rings is 1. The molecule has 3 aromatic rings. The molecule has 0 aliphatic heterocycles. The van der Waals surface area contributed by atoms with E-state index in [1.807, 2.05) is 29.9 Å². The van der Waals surface area contributed by atoms with Crippen LogP contribution in [-0.4, -0.2) is 35.4 Å². The maximum Gasteiger partial charge on any atom is 0.234 e. The quantitative estimate of drug-likeness (QED) is 0.686. The molecule has 2 aromatic heterocycles. The number of hydrogen-bond acceptors (Lipinski definition) is 5.